The fourth-order valence-electron chi connectivity index (χ4n) is 1.92. The lowest BCUT2D eigenvalue weighted by Crippen LogP contribution is -2.40. The van der Waals surface area contributed by atoms with Crippen molar-refractivity contribution >= 4 is 11.7 Å². The number of furan rings is 1. The Bertz CT molecular complexity index is 650. The largest absolute Gasteiger partial charge is 0.489 e. The molecule has 0 saturated carbocycles. The van der Waals surface area contributed by atoms with E-state index in [1.807, 2.05) is 0 Å². The summed E-state index contributed by atoms with van der Waals surface area (Å²) in [5, 5.41) is 15.5. The van der Waals surface area contributed by atoms with Crippen molar-refractivity contribution < 1.29 is 19.1 Å². The van der Waals surface area contributed by atoms with E-state index >= 15 is 0 Å². The highest BCUT2D eigenvalue weighted by atomic mass is 16.5. The Labute approximate surface area is 134 Å². The smallest absolute Gasteiger partial charge is 0.319 e. The second-order valence-electron chi connectivity index (χ2n) is 5.19. The number of carbonyl (C=O) groups is 1. The van der Waals surface area contributed by atoms with Crippen molar-refractivity contribution in [2.75, 3.05) is 18.5 Å². The molecule has 1 unspecified atom stereocenters. The SMILES string of the molecule is C=CCOc1cccc(NC(=O)NCC(C)(O)c2ccco2)c1. The standard InChI is InChI=1S/C17H20N2O4/c1-3-9-22-14-7-4-6-13(11-14)19-16(20)18-12-17(2,21)15-8-5-10-23-15/h3-8,10-11,21H,1,9,12H2,2H3,(H2,18,19,20). The zero-order chi connectivity index (χ0) is 16.7. The maximum absolute atomic E-state index is 11.9. The summed E-state index contributed by atoms with van der Waals surface area (Å²) in [5.74, 6) is 1.02. The summed E-state index contributed by atoms with van der Waals surface area (Å²) < 4.78 is 10.6. The van der Waals surface area contributed by atoms with Crippen LogP contribution in [0.1, 0.15) is 12.7 Å². The van der Waals surface area contributed by atoms with Gasteiger partial charge in [0.1, 0.15) is 23.7 Å². The van der Waals surface area contributed by atoms with E-state index in [1.54, 1.807) is 49.4 Å². The lowest BCUT2D eigenvalue weighted by atomic mass is 10.0. The van der Waals surface area contributed by atoms with E-state index in [2.05, 4.69) is 17.2 Å². The Hall–Kier alpha value is -2.73. The highest BCUT2D eigenvalue weighted by Crippen LogP contribution is 2.20. The van der Waals surface area contributed by atoms with Gasteiger partial charge in [0.2, 0.25) is 0 Å². The van der Waals surface area contributed by atoms with Crippen molar-refractivity contribution in [2.45, 2.75) is 12.5 Å². The summed E-state index contributed by atoms with van der Waals surface area (Å²) in [6.07, 6.45) is 3.11. The maximum atomic E-state index is 11.9. The predicted octanol–water partition coefficient (Wildman–Crippen LogP) is 2.87. The number of anilines is 1. The summed E-state index contributed by atoms with van der Waals surface area (Å²) in [5.41, 5.74) is -0.697. The van der Waals surface area contributed by atoms with Gasteiger partial charge in [0.25, 0.3) is 0 Å². The summed E-state index contributed by atoms with van der Waals surface area (Å²) in [6.45, 7) is 5.55. The average Bonchev–Trinajstić information content (AvgIpc) is 3.07. The number of hydrogen-bond acceptors (Lipinski definition) is 4. The van der Waals surface area contributed by atoms with Gasteiger partial charge in [-0.25, -0.2) is 4.79 Å². The van der Waals surface area contributed by atoms with Gasteiger partial charge in [0.15, 0.2) is 0 Å². The molecule has 0 saturated heterocycles. The summed E-state index contributed by atoms with van der Waals surface area (Å²) in [4.78, 5) is 11.9. The molecule has 2 amide bonds. The highest BCUT2D eigenvalue weighted by Gasteiger charge is 2.26. The van der Waals surface area contributed by atoms with Crippen LogP contribution in [0, 0.1) is 0 Å². The number of carbonyl (C=O) groups excluding carboxylic acids is 1. The molecule has 0 aliphatic carbocycles. The molecule has 0 aliphatic heterocycles. The molecule has 6 heteroatoms. The van der Waals surface area contributed by atoms with Crippen molar-refractivity contribution in [3.8, 4) is 5.75 Å². The number of benzene rings is 1. The molecule has 6 nitrogen and oxygen atoms in total. The molecule has 1 aromatic heterocycles. The van der Waals surface area contributed by atoms with Crippen LogP contribution in [-0.2, 0) is 5.60 Å². The van der Waals surface area contributed by atoms with E-state index in [0.29, 0.717) is 23.8 Å². The normalized spacial score (nSPS) is 13.0. The topological polar surface area (TPSA) is 83.7 Å². The second-order valence-corrected chi connectivity index (χ2v) is 5.19. The minimum Gasteiger partial charge on any atom is -0.489 e. The molecular formula is C17H20N2O4. The van der Waals surface area contributed by atoms with Crippen LogP contribution in [0.25, 0.3) is 0 Å². The van der Waals surface area contributed by atoms with Gasteiger partial charge in [-0.2, -0.15) is 0 Å². The number of rotatable bonds is 7. The first kappa shape index (κ1) is 16.6. The van der Waals surface area contributed by atoms with Crippen LogP contribution >= 0.6 is 0 Å². The Kier molecular flexibility index (Phi) is 5.43. The van der Waals surface area contributed by atoms with E-state index in [9.17, 15) is 9.90 Å². The van der Waals surface area contributed by atoms with E-state index in [1.165, 1.54) is 6.26 Å². The molecular weight excluding hydrogens is 296 g/mol. The van der Waals surface area contributed by atoms with E-state index < -0.39 is 11.6 Å². The fourth-order valence-corrected chi connectivity index (χ4v) is 1.92. The molecule has 2 aromatic rings. The number of nitrogens with one attached hydrogen (secondary N) is 2. The first-order chi connectivity index (χ1) is 11.0. The highest BCUT2D eigenvalue weighted by molar-refractivity contribution is 5.89. The maximum Gasteiger partial charge on any atom is 0.319 e. The average molecular weight is 316 g/mol. The van der Waals surface area contributed by atoms with Crippen LogP contribution in [-0.4, -0.2) is 24.3 Å². The quantitative estimate of drug-likeness (QED) is 0.686. The minimum atomic E-state index is -1.28. The molecule has 2 rings (SSSR count). The monoisotopic (exact) mass is 316 g/mol. The molecule has 0 spiro atoms. The van der Waals surface area contributed by atoms with Crippen LogP contribution in [0.3, 0.4) is 0 Å². The van der Waals surface area contributed by atoms with Gasteiger partial charge in [0, 0.05) is 11.8 Å². The second kappa shape index (κ2) is 7.51. The lowest BCUT2D eigenvalue weighted by Gasteiger charge is -2.21. The van der Waals surface area contributed by atoms with Gasteiger partial charge in [-0.1, -0.05) is 18.7 Å². The predicted molar refractivity (Wildman–Crippen MR) is 87.4 cm³/mol. The zero-order valence-corrected chi connectivity index (χ0v) is 12.9. The van der Waals surface area contributed by atoms with Gasteiger partial charge >= 0.3 is 6.03 Å². The Balaban J connectivity index is 1.88. The molecule has 1 heterocycles. The Morgan fingerprint density at radius 1 is 1.43 bits per heavy atom. The third kappa shape index (κ3) is 4.89. The molecule has 0 aliphatic rings. The number of hydrogen-bond donors (Lipinski definition) is 3. The Morgan fingerprint density at radius 2 is 2.26 bits per heavy atom. The molecule has 0 fully saturated rings. The van der Waals surface area contributed by atoms with Gasteiger partial charge in [-0.05, 0) is 31.2 Å². The fraction of sp³-hybridized carbons (Fsp3) is 0.235. The summed E-state index contributed by atoms with van der Waals surface area (Å²) in [7, 11) is 0. The van der Waals surface area contributed by atoms with Crippen LogP contribution in [0.2, 0.25) is 0 Å². The Morgan fingerprint density at radius 3 is 2.96 bits per heavy atom. The van der Waals surface area contributed by atoms with Crippen LogP contribution in [0.5, 0.6) is 5.75 Å². The van der Waals surface area contributed by atoms with Gasteiger partial charge in [-0.15, -0.1) is 0 Å². The van der Waals surface area contributed by atoms with Crippen molar-refractivity contribution in [3.05, 3.63) is 61.1 Å². The van der Waals surface area contributed by atoms with Crippen molar-refractivity contribution in [3.63, 3.8) is 0 Å². The van der Waals surface area contributed by atoms with Crippen molar-refractivity contribution in [2.24, 2.45) is 0 Å². The minimum absolute atomic E-state index is 0.0129. The van der Waals surface area contributed by atoms with E-state index in [4.69, 9.17) is 9.15 Å². The van der Waals surface area contributed by atoms with Crippen LogP contribution in [0.4, 0.5) is 10.5 Å². The molecule has 1 aromatic carbocycles. The molecule has 23 heavy (non-hydrogen) atoms. The van der Waals surface area contributed by atoms with Gasteiger partial charge in [0.05, 0.1) is 12.8 Å². The summed E-state index contributed by atoms with van der Waals surface area (Å²) >= 11 is 0. The van der Waals surface area contributed by atoms with E-state index in [0.717, 1.165) is 0 Å². The molecule has 1 atom stereocenters. The third-order valence-electron chi connectivity index (χ3n) is 3.10. The first-order valence-corrected chi connectivity index (χ1v) is 7.16. The first-order valence-electron chi connectivity index (χ1n) is 7.16. The van der Waals surface area contributed by atoms with Crippen LogP contribution < -0.4 is 15.4 Å². The van der Waals surface area contributed by atoms with Crippen molar-refractivity contribution in [1.29, 1.82) is 0 Å². The molecule has 3 N–H and O–H groups in total. The third-order valence-corrected chi connectivity index (χ3v) is 3.10. The van der Waals surface area contributed by atoms with Crippen molar-refractivity contribution in [1.82, 2.24) is 5.32 Å². The lowest BCUT2D eigenvalue weighted by molar-refractivity contribution is 0.0372. The zero-order valence-electron chi connectivity index (χ0n) is 12.9. The number of aliphatic hydroxyl groups is 1. The van der Waals surface area contributed by atoms with Gasteiger partial charge < -0.3 is 24.9 Å². The number of ether oxygens (including phenoxy) is 1. The van der Waals surface area contributed by atoms with E-state index in [-0.39, 0.29) is 6.54 Å². The summed E-state index contributed by atoms with van der Waals surface area (Å²) in [6, 6.07) is 9.90. The van der Waals surface area contributed by atoms with Crippen LogP contribution in [0.15, 0.2) is 59.7 Å². The molecule has 0 bridgehead atoms. The molecule has 0 radical (unpaired) electrons. The number of amides is 2. The molecule has 122 valence electrons. The van der Waals surface area contributed by atoms with Gasteiger partial charge in [-0.3, -0.25) is 0 Å². The number of urea groups is 1.